The first-order valence-electron chi connectivity index (χ1n) is 6.58. The summed E-state index contributed by atoms with van der Waals surface area (Å²) in [5.74, 6) is 0. The largest absolute Gasteiger partial charge is 0.382 e. The Labute approximate surface area is 123 Å². The predicted molar refractivity (Wildman–Crippen MR) is 83.4 cm³/mol. The molecule has 1 aromatic rings. The number of benzene rings is 1. The first-order valence-corrected chi connectivity index (χ1v) is 9.33. The highest BCUT2D eigenvalue weighted by atomic mass is 79.9. The van der Waals surface area contributed by atoms with E-state index in [-0.39, 0.29) is 11.3 Å². The molecule has 2 unspecified atom stereocenters. The zero-order valence-corrected chi connectivity index (χ0v) is 13.7. The average molecular weight is 346 g/mol. The summed E-state index contributed by atoms with van der Waals surface area (Å²) in [5.41, 5.74) is 2.26. The van der Waals surface area contributed by atoms with Crippen LogP contribution in [0.15, 0.2) is 22.7 Å². The van der Waals surface area contributed by atoms with Gasteiger partial charge < -0.3 is 5.32 Å². The lowest BCUT2D eigenvalue weighted by Gasteiger charge is -2.30. The lowest BCUT2D eigenvalue weighted by Crippen LogP contribution is -2.34. The normalized spacial score (nSPS) is 24.2. The highest BCUT2D eigenvalue weighted by molar-refractivity contribution is 9.10. The van der Waals surface area contributed by atoms with Crippen LogP contribution in [0.25, 0.3) is 0 Å². The van der Waals surface area contributed by atoms with Crippen LogP contribution in [0, 0.1) is 6.92 Å². The van der Waals surface area contributed by atoms with Crippen molar-refractivity contribution in [3.05, 3.63) is 28.2 Å². The standard InChI is InChI=1S/C14H20BrNO2S/c1-10-13(15)7-4-8-14(10)16-11-5-3-6-12(9-11)19(2,17)18/h4,7-8,11-12,16H,3,5-6,9H2,1-2H3. The lowest BCUT2D eigenvalue weighted by molar-refractivity contribution is 0.453. The molecule has 0 bridgehead atoms. The third-order valence-corrected chi connectivity index (χ3v) is 6.36. The lowest BCUT2D eigenvalue weighted by atomic mass is 9.94. The Kier molecular flexibility index (Phi) is 4.56. The van der Waals surface area contributed by atoms with Crippen molar-refractivity contribution >= 4 is 31.5 Å². The molecule has 2 rings (SSSR count). The van der Waals surface area contributed by atoms with Crippen LogP contribution in [-0.2, 0) is 9.84 Å². The molecular formula is C14H20BrNO2S. The Morgan fingerprint density at radius 1 is 1.32 bits per heavy atom. The SMILES string of the molecule is Cc1c(Br)cccc1NC1CCCC(S(C)(=O)=O)C1. The van der Waals surface area contributed by atoms with E-state index in [9.17, 15) is 8.42 Å². The summed E-state index contributed by atoms with van der Waals surface area (Å²) in [6.45, 7) is 2.06. The minimum absolute atomic E-state index is 0.189. The van der Waals surface area contributed by atoms with Gasteiger partial charge in [-0.2, -0.15) is 0 Å². The molecule has 0 saturated heterocycles. The summed E-state index contributed by atoms with van der Waals surface area (Å²) in [7, 11) is -2.92. The average Bonchev–Trinajstić information content (AvgIpc) is 2.34. The van der Waals surface area contributed by atoms with Gasteiger partial charge in [-0.05, 0) is 43.9 Å². The highest BCUT2D eigenvalue weighted by Crippen LogP contribution is 2.29. The van der Waals surface area contributed by atoms with Crippen molar-refractivity contribution in [2.45, 2.75) is 43.9 Å². The van der Waals surface area contributed by atoms with E-state index in [0.717, 1.165) is 29.4 Å². The van der Waals surface area contributed by atoms with E-state index in [4.69, 9.17) is 0 Å². The number of rotatable bonds is 3. The van der Waals surface area contributed by atoms with Crippen molar-refractivity contribution in [1.82, 2.24) is 0 Å². The number of nitrogens with one attached hydrogen (secondary N) is 1. The van der Waals surface area contributed by atoms with Gasteiger partial charge in [-0.25, -0.2) is 8.42 Å². The maximum absolute atomic E-state index is 11.7. The number of anilines is 1. The monoisotopic (exact) mass is 345 g/mol. The Morgan fingerprint density at radius 2 is 2.05 bits per heavy atom. The smallest absolute Gasteiger partial charge is 0.150 e. The van der Waals surface area contributed by atoms with E-state index in [2.05, 4.69) is 28.2 Å². The number of sulfone groups is 1. The van der Waals surface area contributed by atoms with Gasteiger partial charge in [-0.15, -0.1) is 0 Å². The molecule has 2 atom stereocenters. The molecule has 0 spiro atoms. The van der Waals surface area contributed by atoms with E-state index in [0.29, 0.717) is 6.42 Å². The quantitative estimate of drug-likeness (QED) is 0.911. The fraction of sp³-hybridized carbons (Fsp3) is 0.571. The van der Waals surface area contributed by atoms with Crippen LogP contribution in [0.3, 0.4) is 0 Å². The highest BCUT2D eigenvalue weighted by Gasteiger charge is 2.28. The maximum atomic E-state index is 11.7. The molecule has 1 aliphatic carbocycles. The Bertz CT molecular complexity index is 557. The molecule has 5 heteroatoms. The van der Waals surface area contributed by atoms with Crippen molar-refractivity contribution in [2.75, 3.05) is 11.6 Å². The summed E-state index contributed by atoms with van der Waals surface area (Å²) in [4.78, 5) is 0. The van der Waals surface area contributed by atoms with E-state index < -0.39 is 9.84 Å². The minimum Gasteiger partial charge on any atom is -0.382 e. The Hall–Kier alpha value is -0.550. The Balaban J connectivity index is 2.09. The predicted octanol–water partition coefficient (Wildman–Crippen LogP) is 3.53. The summed E-state index contributed by atoms with van der Waals surface area (Å²) < 4.78 is 24.4. The van der Waals surface area contributed by atoms with Crippen molar-refractivity contribution in [1.29, 1.82) is 0 Å². The molecule has 0 aliphatic heterocycles. The maximum Gasteiger partial charge on any atom is 0.150 e. The van der Waals surface area contributed by atoms with Crippen LogP contribution >= 0.6 is 15.9 Å². The first-order chi connectivity index (χ1) is 8.88. The summed E-state index contributed by atoms with van der Waals surface area (Å²) in [6, 6.07) is 6.31. The van der Waals surface area contributed by atoms with Gasteiger partial charge in [0.2, 0.25) is 0 Å². The number of halogens is 1. The van der Waals surface area contributed by atoms with Gasteiger partial charge in [0.15, 0.2) is 0 Å². The fourth-order valence-corrected chi connectivity index (χ4v) is 4.19. The van der Waals surface area contributed by atoms with E-state index in [1.54, 1.807) is 0 Å². The number of hydrogen-bond acceptors (Lipinski definition) is 3. The molecule has 0 aromatic heterocycles. The minimum atomic E-state index is -2.92. The second kappa shape index (κ2) is 5.83. The summed E-state index contributed by atoms with van der Waals surface area (Å²) >= 11 is 3.52. The van der Waals surface area contributed by atoms with Crippen molar-refractivity contribution in [3.8, 4) is 0 Å². The van der Waals surface area contributed by atoms with Gasteiger partial charge in [0.25, 0.3) is 0 Å². The second-order valence-corrected chi connectivity index (χ2v) is 8.55. The zero-order chi connectivity index (χ0) is 14.0. The van der Waals surface area contributed by atoms with Crippen LogP contribution < -0.4 is 5.32 Å². The molecule has 1 fully saturated rings. The summed E-state index contributed by atoms with van der Waals surface area (Å²) in [6.07, 6.45) is 4.88. The zero-order valence-electron chi connectivity index (χ0n) is 11.3. The molecule has 19 heavy (non-hydrogen) atoms. The molecular weight excluding hydrogens is 326 g/mol. The van der Waals surface area contributed by atoms with Gasteiger partial charge in [0.1, 0.15) is 9.84 Å². The third-order valence-electron chi connectivity index (χ3n) is 3.86. The topological polar surface area (TPSA) is 46.2 Å². The van der Waals surface area contributed by atoms with Crippen LogP contribution in [0.1, 0.15) is 31.2 Å². The molecule has 0 heterocycles. The molecule has 0 amide bonds. The molecule has 106 valence electrons. The van der Waals surface area contributed by atoms with Crippen molar-refractivity contribution in [2.24, 2.45) is 0 Å². The van der Waals surface area contributed by atoms with Crippen LogP contribution in [0.5, 0.6) is 0 Å². The number of hydrogen-bond donors (Lipinski definition) is 1. The van der Waals surface area contributed by atoms with Gasteiger partial charge in [0.05, 0.1) is 5.25 Å². The molecule has 1 aromatic carbocycles. The first kappa shape index (κ1) is 14.9. The fourth-order valence-electron chi connectivity index (χ4n) is 2.65. The molecule has 0 radical (unpaired) electrons. The Morgan fingerprint density at radius 3 is 2.74 bits per heavy atom. The van der Waals surface area contributed by atoms with Crippen molar-refractivity contribution < 1.29 is 8.42 Å². The van der Waals surface area contributed by atoms with Crippen LogP contribution in [-0.4, -0.2) is 26.0 Å². The van der Waals surface area contributed by atoms with Crippen LogP contribution in [0.4, 0.5) is 5.69 Å². The van der Waals surface area contributed by atoms with E-state index >= 15 is 0 Å². The van der Waals surface area contributed by atoms with E-state index in [1.165, 1.54) is 11.8 Å². The van der Waals surface area contributed by atoms with Crippen molar-refractivity contribution in [3.63, 3.8) is 0 Å². The van der Waals surface area contributed by atoms with Gasteiger partial charge in [-0.1, -0.05) is 28.4 Å². The molecule has 3 nitrogen and oxygen atoms in total. The van der Waals surface area contributed by atoms with Gasteiger partial charge in [-0.3, -0.25) is 0 Å². The molecule has 1 N–H and O–H groups in total. The second-order valence-electron chi connectivity index (χ2n) is 5.37. The third kappa shape index (κ3) is 3.72. The van der Waals surface area contributed by atoms with Gasteiger partial charge >= 0.3 is 0 Å². The van der Waals surface area contributed by atoms with E-state index in [1.807, 2.05) is 18.2 Å². The molecule has 1 aliphatic rings. The van der Waals surface area contributed by atoms with Crippen LogP contribution in [0.2, 0.25) is 0 Å². The summed E-state index contributed by atoms with van der Waals surface area (Å²) in [5, 5.41) is 3.31. The molecule has 1 saturated carbocycles. The van der Waals surface area contributed by atoms with Gasteiger partial charge in [0, 0.05) is 22.5 Å².